The zero-order valence-corrected chi connectivity index (χ0v) is 17.6. The third-order valence-corrected chi connectivity index (χ3v) is 6.27. The zero-order chi connectivity index (χ0) is 20.2. The summed E-state index contributed by atoms with van der Waals surface area (Å²) < 4.78 is 11.7. The van der Waals surface area contributed by atoms with Gasteiger partial charge in [-0.15, -0.1) is 11.3 Å². The van der Waals surface area contributed by atoms with Gasteiger partial charge in [0.15, 0.2) is 5.13 Å². The van der Waals surface area contributed by atoms with Crippen molar-refractivity contribution in [3.8, 4) is 16.3 Å². The highest BCUT2D eigenvalue weighted by Crippen LogP contribution is 2.33. The highest BCUT2D eigenvalue weighted by atomic mass is 32.1. The van der Waals surface area contributed by atoms with Crippen molar-refractivity contribution < 1.29 is 14.3 Å². The molecule has 0 aliphatic carbocycles. The van der Waals surface area contributed by atoms with E-state index in [1.54, 1.807) is 24.5 Å². The van der Waals surface area contributed by atoms with Crippen molar-refractivity contribution in [2.24, 2.45) is 0 Å². The van der Waals surface area contributed by atoms with E-state index in [9.17, 15) is 4.79 Å². The normalized spacial score (nSPS) is 11.0. The SMILES string of the molecule is COCCN(C(=O)c1csc(-c2ccccc2OC)n1)c1nc2ccccc2s1. The second-order valence-corrected chi connectivity index (χ2v) is 8.02. The molecule has 2 heterocycles. The third kappa shape index (κ3) is 4.00. The fourth-order valence-corrected chi connectivity index (χ4v) is 4.71. The first kappa shape index (κ1) is 19.5. The number of hydrogen-bond donors (Lipinski definition) is 0. The van der Waals surface area contributed by atoms with Crippen molar-refractivity contribution in [3.63, 3.8) is 0 Å². The summed E-state index contributed by atoms with van der Waals surface area (Å²) in [5.74, 6) is 0.529. The van der Waals surface area contributed by atoms with Gasteiger partial charge >= 0.3 is 0 Å². The molecule has 4 aromatic rings. The molecule has 1 amide bonds. The highest BCUT2D eigenvalue weighted by molar-refractivity contribution is 7.22. The molecule has 29 heavy (non-hydrogen) atoms. The summed E-state index contributed by atoms with van der Waals surface area (Å²) in [5, 5.41) is 3.15. The van der Waals surface area contributed by atoms with Gasteiger partial charge in [-0.3, -0.25) is 9.69 Å². The molecule has 0 N–H and O–H groups in total. The number of benzene rings is 2. The minimum atomic E-state index is -0.196. The molecule has 0 aliphatic heterocycles. The molecule has 0 aliphatic rings. The van der Waals surface area contributed by atoms with Gasteiger partial charge in [0.25, 0.3) is 5.91 Å². The summed E-state index contributed by atoms with van der Waals surface area (Å²) in [6.07, 6.45) is 0. The first-order valence-electron chi connectivity index (χ1n) is 8.96. The number of aromatic nitrogens is 2. The molecule has 8 heteroatoms. The second kappa shape index (κ2) is 8.69. The van der Waals surface area contributed by atoms with Crippen molar-refractivity contribution in [3.05, 3.63) is 59.6 Å². The first-order valence-corrected chi connectivity index (χ1v) is 10.7. The first-order chi connectivity index (χ1) is 14.2. The van der Waals surface area contributed by atoms with E-state index in [-0.39, 0.29) is 5.91 Å². The number of fused-ring (bicyclic) bond motifs is 1. The molecule has 4 rings (SSSR count). The van der Waals surface area contributed by atoms with Crippen molar-refractivity contribution in [1.29, 1.82) is 0 Å². The van der Waals surface area contributed by atoms with Crippen LogP contribution >= 0.6 is 22.7 Å². The number of carbonyl (C=O) groups is 1. The Hall–Kier alpha value is -2.81. The minimum Gasteiger partial charge on any atom is -0.496 e. The predicted octanol–water partition coefficient (Wildman–Crippen LogP) is 4.72. The van der Waals surface area contributed by atoms with Crippen LogP contribution in [0, 0.1) is 0 Å². The maximum atomic E-state index is 13.3. The summed E-state index contributed by atoms with van der Waals surface area (Å²) >= 11 is 2.90. The standard InChI is InChI=1S/C21H19N3O3S2/c1-26-12-11-24(21-23-15-8-4-6-10-18(15)29-21)20(25)16-13-28-19(22-16)14-7-3-5-9-17(14)27-2/h3-10,13H,11-12H2,1-2H3. The molecule has 0 bridgehead atoms. The minimum absolute atomic E-state index is 0.196. The highest BCUT2D eigenvalue weighted by Gasteiger charge is 2.24. The zero-order valence-electron chi connectivity index (χ0n) is 16.0. The van der Waals surface area contributed by atoms with E-state index < -0.39 is 0 Å². The summed E-state index contributed by atoms with van der Waals surface area (Å²) in [7, 11) is 3.24. The predicted molar refractivity (Wildman–Crippen MR) is 117 cm³/mol. The number of amides is 1. The fraction of sp³-hybridized carbons (Fsp3) is 0.190. The number of nitrogens with zero attached hydrogens (tertiary/aromatic N) is 3. The number of rotatable bonds is 7. The average molecular weight is 426 g/mol. The van der Waals surface area contributed by atoms with Gasteiger partial charge in [-0.05, 0) is 24.3 Å². The molecule has 0 atom stereocenters. The van der Waals surface area contributed by atoms with Gasteiger partial charge in [-0.1, -0.05) is 35.6 Å². The monoisotopic (exact) mass is 425 g/mol. The lowest BCUT2D eigenvalue weighted by molar-refractivity contribution is 0.0972. The van der Waals surface area contributed by atoms with Crippen molar-refractivity contribution in [2.75, 3.05) is 32.3 Å². The van der Waals surface area contributed by atoms with E-state index in [0.29, 0.717) is 24.0 Å². The van der Waals surface area contributed by atoms with E-state index in [2.05, 4.69) is 9.97 Å². The lowest BCUT2D eigenvalue weighted by Gasteiger charge is -2.18. The van der Waals surface area contributed by atoms with Crippen LogP contribution in [-0.2, 0) is 4.74 Å². The van der Waals surface area contributed by atoms with Crippen molar-refractivity contribution in [2.45, 2.75) is 0 Å². The Morgan fingerprint density at radius 3 is 2.66 bits per heavy atom. The Morgan fingerprint density at radius 2 is 1.86 bits per heavy atom. The van der Waals surface area contributed by atoms with Gasteiger partial charge in [-0.2, -0.15) is 0 Å². The topological polar surface area (TPSA) is 64.5 Å². The number of anilines is 1. The van der Waals surface area contributed by atoms with Gasteiger partial charge in [-0.25, -0.2) is 9.97 Å². The maximum absolute atomic E-state index is 13.3. The summed E-state index contributed by atoms with van der Waals surface area (Å²) in [6.45, 7) is 0.807. The van der Waals surface area contributed by atoms with Crippen LogP contribution in [0.1, 0.15) is 10.5 Å². The third-order valence-electron chi connectivity index (χ3n) is 4.34. The number of para-hydroxylation sites is 2. The van der Waals surface area contributed by atoms with Crippen molar-refractivity contribution in [1.82, 2.24) is 9.97 Å². The number of methoxy groups -OCH3 is 2. The second-order valence-electron chi connectivity index (χ2n) is 6.15. The lowest BCUT2D eigenvalue weighted by atomic mass is 10.2. The van der Waals surface area contributed by atoms with Crippen LogP contribution in [0.4, 0.5) is 5.13 Å². The molecular weight excluding hydrogens is 406 g/mol. The quantitative estimate of drug-likeness (QED) is 0.429. The summed E-state index contributed by atoms with van der Waals surface area (Å²) in [6, 6.07) is 15.5. The van der Waals surface area contributed by atoms with E-state index in [1.165, 1.54) is 22.7 Å². The molecule has 0 radical (unpaired) electrons. The summed E-state index contributed by atoms with van der Waals surface area (Å²) in [4.78, 5) is 24.1. The Balaban J connectivity index is 1.67. The molecule has 0 saturated carbocycles. The Morgan fingerprint density at radius 1 is 1.07 bits per heavy atom. The molecule has 2 aromatic carbocycles. The maximum Gasteiger partial charge on any atom is 0.279 e. The molecular formula is C21H19N3O3S2. The van der Waals surface area contributed by atoms with E-state index in [1.807, 2.05) is 48.5 Å². The van der Waals surface area contributed by atoms with E-state index in [0.717, 1.165) is 26.5 Å². The molecule has 2 aromatic heterocycles. The van der Waals surface area contributed by atoms with Crippen LogP contribution in [-0.4, -0.2) is 43.2 Å². The Kier molecular flexibility index (Phi) is 5.84. The Bertz CT molecular complexity index is 1110. The molecule has 0 unspecified atom stereocenters. The smallest absolute Gasteiger partial charge is 0.279 e. The fourth-order valence-electron chi connectivity index (χ4n) is 2.90. The van der Waals surface area contributed by atoms with Gasteiger partial charge in [0.05, 0.1) is 36.0 Å². The number of thiazole rings is 2. The van der Waals surface area contributed by atoms with Gasteiger partial charge in [0, 0.05) is 12.5 Å². The summed E-state index contributed by atoms with van der Waals surface area (Å²) in [5.41, 5.74) is 2.12. The van der Waals surface area contributed by atoms with Crippen LogP contribution in [0.25, 0.3) is 20.8 Å². The van der Waals surface area contributed by atoms with Crippen LogP contribution in [0.5, 0.6) is 5.75 Å². The number of carbonyl (C=O) groups excluding carboxylic acids is 1. The molecule has 0 saturated heterocycles. The molecule has 6 nitrogen and oxygen atoms in total. The average Bonchev–Trinajstić information content (AvgIpc) is 3.41. The lowest BCUT2D eigenvalue weighted by Crippen LogP contribution is -2.34. The van der Waals surface area contributed by atoms with Gasteiger partial charge in [0.2, 0.25) is 0 Å². The van der Waals surface area contributed by atoms with E-state index in [4.69, 9.17) is 9.47 Å². The van der Waals surface area contributed by atoms with Gasteiger partial charge in [0.1, 0.15) is 16.5 Å². The number of hydrogen-bond acceptors (Lipinski definition) is 7. The van der Waals surface area contributed by atoms with Crippen LogP contribution < -0.4 is 9.64 Å². The molecule has 0 fully saturated rings. The largest absolute Gasteiger partial charge is 0.496 e. The van der Waals surface area contributed by atoms with E-state index >= 15 is 0 Å². The number of ether oxygens (including phenoxy) is 2. The van der Waals surface area contributed by atoms with Gasteiger partial charge < -0.3 is 9.47 Å². The Labute approximate surface area is 176 Å². The molecule has 148 valence electrons. The van der Waals surface area contributed by atoms with Crippen LogP contribution in [0.15, 0.2) is 53.9 Å². The van der Waals surface area contributed by atoms with Crippen LogP contribution in [0.2, 0.25) is 0 Å². The van der Waals surface area contributed by atoms with Crippen LogP contribution in [0.3, 0.4) is 0 Å². The molecule has 0 spiro atoms. The van der Waals surface area contributed by atoms with Crippen molar-refractivity contribution >= 4 is 43.9 Å².